The average Bonchev–Trinajstić information content (AvgIpc) is 2.92. The second-order valence-electron chi connectivity index (χ2n) is 5.84. The lowest BCUT2D eigenvalue weighted by Crippen LogP contribution is -2.42. The van der Waals surface area contributed by atoms with E-state index in [1.54, 1.807) is 12.3 Å². The number of rotatable bonds is 5. The van der Waals surface area contributed by atoms with Crippen LogP contribution in [-0.4, -0.2) is 42.4 Å². The van der Waals surface area contributed by atoms with Crippen molar-refractivity contribution in [2.75, 3.05) is 19.3 Å². The Kier molecular flexibility index (Phi) is 4.47. The second-order valence-corrected chi connectivity index (χ2v) is 7.67. The normalized spacial score (nSPS) is 18.8. The van der Waals surface area contributed by atoms with Crippen LogP contribution in [0.3, 0.4) is 0 Å². The first-order valence-corrected chi connectivity index (χ1v) is 9.24. The number of nitrogens with one attached hydrogen (secondary N) is 1. The predicted octanol–water partition coefficient (Wildman–Crippen LogP) is 1.13. The van der Waals surface area contributed by atoms with Gasteiger partial charge in [0.15, 0.2) is 0 Å². The van der Waals surface area contributed by atoms with Gasteiger partial charge in [0.1, 0.15) is 5.82 Å². The van der Waals surface area contributed by atoms with Gasteiger partial charge < -0.3 is 0 Å². The highest BCUT2D eigenvalue weighted by Gasteiger charge is 2.26. The summed E-state index contributed by atoms with van der Waals surface area (Å²) in [4.78, 5) is 2.17. The number of nitrogens with zero attached hydrogens (tertiary/aromatic N) is 3. The minimum absolute atomic E-state index is 0.0861. The van der Waals surface area contributed by atoms with Crippen LogP contribution in [0.5, 0.6) is 0 Å². The number of hydrogen-bond acceptors (Lipinski definition) is 4. The van der Waals surface area contributed by atoms with Crippen LogP contribution in [-0.2, 0) is 23.1 Å². The van der Waals surface area contributed by atoms with Crippen LogP contribution in [0.4, 0.5) is 4.39 Å². The van der Waals surface area contributed by atoms with Crippen LogP contribution in [0.1, 0.15) is 17.3 Å². The van der Waals surface area contributed by atoms with E-state index in [2.05, 4.69) is 14.7 Å². The van der Waals surface area contributed by atoms with Crippen LogP contribution in [0.15, 0.2) is 36.5 Å². The molecule has 6 nitrogen and oxygen atoms in total. The van der Waals surface area contributed by atoms with E-state index in [9.17, 15) is 12.8 Å². The van der Waals surface area contributed by atoms with E-state index >= 15 is 0 Å². The number of hydrogen-bond donors (Lipinski definition) is 1. The monoisotopic (exact) mass is 338 g/mol. The highest BCUT2D eigenvalue weighted by molar-refractivity contribution is 7.88. The summed E-state index contributed by atoms with van der Waals surface area (Å²) >= 11 is 0. The van der Waals surface area contributed by atoms with Gasteiger partial charge in [-0.1, -0.05) is 12.1 Å². The summed E-state index contributed by atoms with van der Waals surface area (Å²) in [5, 5.41) is 4.29. The lowest BCUT2D eigenvalue weighted by atomic mass is 10.1. The number of aromatic nitrogens is 2. The van der Waals surface area contributed by atoms with E-state index in [0.29, 0.717) is 19.6 Å². The molecule has 2 aromatic rings. The quantitative estimate of drug-likeness (QED) is 0.887. The molecule has 1 unspecified atom stereocenters. The van der Waals surface area contributed by atoms with Gasteiger partial charge in [-0.3, -0.25) is 9.58 Å². The molecule has 1 aliphatic rings. The van der Waals surface area contributed by atoms with Gasteiger partial charge >= 0.3 is 0 Å². The molecule has 1 N–H and O–H groups in total. The standard InChI is InChI=1S/C15H19FN4O2S/c1-23(21,22)18-8-15-11-19(10-14-5-6-17-20(14)15)9-12-3-2-4-13(16)7-12/h2-7,15,18H,8-11H2,1H3. The number of fused-ring (bicyclic) bond motifs is 1. The maximum atomic E-state index is 13.3. The SMILES string of the molecule is CS(=O)(=O)NCC1CN(Cc2cccc(F)c2)Cc2ccnn21. The number of sulfonamides is 1. The Bertz CT molecular complexity index is 790. The minimum atomic E-state index is -3.25. The van der Waals surface area contributed by atoms with Crippen molar-refractivity contribution in [3.63, 3.8) is 0 Å². The minimum Gasteiger partial charge on any atom is -0.291 e. The van der Waals surface area contributed by atoms with Gasteiger partial charge in [0.2, 0.25) is 10.0 Å². The van der Waals surface area contributed by atoms with Gasteiger partial charge in [-0.25, -0.2) is 17.5 Å². The van der Waals surface area contributed by atoms with E-state index in [1.807, 2.05) is 16.8 Å². The molecule has 23 heavy (non-hydrogen) atoms. The zero-order valence-electron chi connectivity index (χ0n) is 12.8. The average molecular weight is 338 g/mol. The Labute approximate surface area is 135 Å². The molecule has 1 aromatic carbocycles. The highest BCUT2D eigenvalue weighted by atomic mass is 32.2. The summed E-state index contributed by atoms with van der Waals surface area (Å²) < 4.78 is 40.4. The lowest BCUT2D eigenvalue weighted by molar-refractivity contribution is 0.168. The molecule has 1 aliphatic heterocycles. The van der Waals surface area contributed by atoms with Gasteiger partial charge in [0.05, 0.1) is 18.0 Å². The topological polar surface area (TPSA) is 67.2 Å². The second kappa shape index (κ2) is 6.38. The molecule has 3 rings (SSSR count). The molecule has 1 aromatic heterocycles. The fourth-order valence-electron chi connectivity index (χ4n) is 2.88. The van der Waals surface area contributed by atoms with Crippen molar-refractivity contribution >= 4 is 10.0 Å². The van der Waals surface area contributed by atoms with Gasteiger partial charge in [-0.2, -0.15) is 5.10 Å². The molecular weight excluding hydrogens is 319 g/mol. The molecule has 0 aliphatic carbocycles. The van der Waals surface area contributed by atoms with E-state index < -0.39 is 10.0 Å². The molecule has 2 heterocycles. The zero-order valence-corrected chi connectivity index (χ0v) is 13.6. The molecule has 0 saturated carbocycles. The lowest BCUT2D eigenvalue weighted by Gasteiger charge is -2.34. The zero-order chi connectivity index (χ0) is 16.4. The highest BCUT2D eigenvalue weighted by Crippen LogP contribution is 2.22. The summed E-state index contributed by atoms with van der Waals surface area (Å²) in [6.07, 6.45) is 2.86. The van der Waals surface area contributed by atoms with Crippen molar-refractivity contribution in [1.29, 1.82) is 0 Å². The smallest absolute Gasteiger partial charge is 0.208 e. The largest absolute Gasteiger partial charge is 0.291 e. The van der Waals surface area contributed by atoms with Crippen molar-refractivity contribution < 1.29 is 12.8 Å². The Morgan fingerprint density at radius 2 is 2.22 bits per heavy atom. The maximum absolute atomic E-state index is 13.3. The fraction of sp³-hybridized carbons (Fsp3) is 0.400. The summed E-state index contributed by atoms with van der Waals surface area (Å²) in [6, 6.07) is 8.37. The van der Waals surface area contributed by atoms with Crippen molar-refractivity contribution in [3.05, 3.63) is 53.6 Å². The van der Waals surface area contributed by atoms with Gasteiger partial charge in [-0.05, 0) is 23.8 Å². The maximum Gasteiger partial charge on any atom is 0.208 e. The van der Waals surface area contributed by atoms with Crippen molar-refractivity contribution in [2.45, 2.75) is 19.1 Å². The van der Waals surface area contributed by atoms with Gasteiger partial charge in [0, 0.05) is 32.4 Å². The number of benzene rings is 1. The summed E-state index contributed by atoms with van der Waals surface area (Å²) in [6.45, 7) is 2.24. The van der Waals surface area contributed by atoms with Crippen LogP contribution < -0.4 is 4.72 Å². The van der Waals surface area contributed by atoms with Gasteiger partial charge in [-0.15, -0.1) is 0 Å². The molecule has 0 spiro atoms. The van der Waals surface area contributed by atoms with E-state index in [-0.39, 0.29) is 18.4 Å². The molecule has 0 saturated heterocycles. The van der Waals surface area contributed by atoms with E-state index in [1.165, 1.54) is 12.1 Å². The van der Waals surface area contributed by atoms with E-state index in [4.69, 9.17) is 0 Å². The first-order chi connectivity index (χ1) is 10.9. The first-order valence-electron chi connectivity index (χ1n) is 7.34. The van der Waals surface area contributed by atoms with Crippen LogP contribution >= 0.6 is 0 Å². The fourth-order valence-corrected chi connectivity index (χ4v) is 3.37. The van der Waals surface area contributed by atoms with Crippen LogP contribution in [0.2, 0.25) is 0 Å². The van der Waals surface area contributed by atoms with Crippen LogP contribution in [0.25, 0.3) is 0 Å². The third-order valence-electron chi connectivity index (χ3n) is 3.83. The predicted molar refractivity (Wildman–Crippen MR) is 84.6 cm³/mol. The first kappa shape index (κ1) is 16.1. The number of halogens is 1. The molecular formula is C15H19FN4O2S. The molecule has 124 valence electrons. The van der Waals surface area contributed by atoms with Crippen molar-refractivity contribution in [2.24, 2.45) is 0 Å². The molecule has 1 atom stereocenters. The molecule has 0 amide bonds. The molecule has 0 fully saturated rings. The third-order valence-corrected chi connectivity index (χ3v) is 4.52. The summed E-state index contributed by atoms with van der Waals surface area (Å²) in [5.74, 6) is -0.250. The molecule has 0 radical (unpaired) electrons. The van der Waals surface area contributed by atoms with Crippen LogP contribution in [0, 0.1) is 5.82 Å². The third kappa shape index (κ3) is 4.15. The Morgan fingerprint density at radius 3 is 2.96 bits per heavy atom. The summed E-state index contributed by atoms with van der Waals surface area (Å²) in [5.41, 5.74) is 1.92. The van der Waals surface area contributed by atoms with Gasteiger partial charge in [0.25, 0.3) is 0 Å². The Morgan fingerprint density at radius 1 is 1.39 bits per heavy atom. The van der Waals surface area contributed by atoms with E-state index in [0.717, 1.165) is 17.5 Å². The summed E-state index contributed by atoms with van der Waals surface area (Å²) in [7, 11) is -3.25. The molecule has 0 bridgehead atoms. The molecule has 8 heteroatoms. The van der Waals surface area contributed by atoms with Crippen molar-refractivity contribution in [3.8, 4) is 0 Å². The Balaban J connectivity index is 1.74. The Hall–Kier alpha value is -1.77. The van der Waals surface area contributed by atoms with Crippen molar-refractivity contribution in [1.82, 2.24) is 19.4 Å².